The zero-order valence-corrected chi connectivity index (χ0v) is 10.8. The third-order valence-corrected chi connectivity index (χ3v) is 3.88. The van der Waals surface area contributed by atoms with E-state index < -0.39 is 0 Å². The predicted octanol–water partition coefficient (Wildman–Crippen LogP) is 3.95. The third-order valence-electron chi connectivity index (χ3n) is 2.33. The molecule has 0 aliphatic heterocycles. The van der Waals surface area contributed by atoms with Crippen LogP contribution in [0.25, 0.3) is 10.2 Å². The van der Waals surface area contributed by atoms with Crippen LogP contribution in [0.4, 0.5) is 0 Å². The summed E-state index contributed by atoms with van der Waals surface area (Å²) in [6.07, 6.45) is 0.954. The van der Waals surface area contributed by atoms with Crippen LogP contribution in [0.2, 0.25) is 5.15 Å². The first kappa shape index (κ1) is 11.1. The van der Waals surface area contributed by atoms with Crippen molar-refractivity contribution in [1.82, 2.24) is 9.97 Å². The van der Waals surface area contributed by atoms with Gasteiger partial charge in [-0.05, 0) is 18.9 Å². The molecule has 0 bridgehead atoms. The molecule has 0 aliphatic carbocycles. The lowest BCUT2D eigenvalue weighted by Gasteiger charge is -1.99. The normalized spacial score (nSPS) is 11.2. The Morgan fingerprint density at radius 1 is 1.33 bits per heavy atom. The molecule has 2 heterocycles. The van der Waals surface area contributed by atoms with Gasteiger partial charge in [-0.25, -0.2) is 9.97 Å². The van der Waals surface area contributed by atoms with E-state index in [9.17, 15) is 0 Å². The van der Waals surface area contributed by atoms with Crippen LogP contribution in [0, 0.1) is 6.92 Å². The Bertz CT molecular complexity index is 508. The van der Waals surface area contributed by atoms with Gasteiger partial charge >= 0.3 is 0 Å². The van der Waals surface area contributed by atoms with Crippen LogP contribution in [-0.4, -0.2) is 9.97 Å². The summed E-state index contributed by atoms with van der Waals surface area (Å²) in [6, 6.07) is 0. The molecule has 2 aromatic rings. The van der Waals surface area contributed by atoms with Crippen molar-refractivity contribution in [2.24, 2.45) is 0 Å². The number of aryl methyl sites for hydroxylation is 2. The first-order chi connectivity index (χ1) is 7.17. The van der Waals surface area contributed by atoms with Gasteiger partial charge in [0.25, 0.3) is 0 Å². The Labute approximate surface area is 102 Å². The summed E-state index contributed by atoms with van der Waals surface area (Å²) < 4.78 is 0. The lowest BCUT2D eigenvalue weighted by Crippen LogP contribution is -1.92. The van der Waals surface area contributed by atoms with Crippen molar-refractivity contribution < 1.29 is 0 Å². The number of alkyl halides is 1. The third kappa shape index (κ3) is 1.84. The minimum absolute atomic E-state index is 0.300. The first-order valence-electron chi connectivity index (χ1n) is 4.67. The minimum Gasteiger partial charge on any atom is -0.221 e. The highest BCUT2D eigenvalue weighted by atomic mass is 35.5. The van der Waals surface area contributed by atoms with Crippen molar-refractivity contribution in [3.8, 4) is 0 Å². The molecule has 0 saturated heterocycles. The summed E-state index contributed by atoms with van der Waals surface area (Å²) in [5.74, 6) is 0.895. The quantitative estimate of drug-likeness (QED) is 0.604. The Hall–Kier alpha value is -0.380. The summed E-state index contributed by atoms with van der Waals surface area (Å²) in [6.45, 7) is 4.20. The van der Waals surface area contributed by atoms with Crippen LogP contribution in [-0.2, 0) is 12.3 Å². The maximum atomic E-state index is 6.14. The molecule has 2 aromatic heterocycles. The van der Waals surface area contributed by atoms with Gasteiger partial charge in [0.05, 0.1) is 11.3 Å². The molecule has 0 amide bonds. The number of hydrogen-bond acceptors (Lipinski definition) is 3. The van der Waals surface area contributed by atoms with Crippen molar-refractivity contribution in [3.63, 3.8) is 0 Å². The SMILES string of the molecule is CCc1c(C)sc2nc(CCl)nc(Cl)c12. The van der Waals surface area contributed by atoms with Gasteiger partial charge in [0.2, 0.25) is 0 Å². The lowest BCUT2D eigenvalue weighted by molar-refractivity contribution is 1.06. The van der Waals surface area contributed by atoms with Crippen LogP contribution < -0.4 is 0 Å². The fraction of sp³-hybridized carbons (Fsp3) is 0.400. The molecular weight excluding hydrogens is 251 g/mol. The van der Waals surface area contributed by atoms with Crippen molar-refractivity contribution in [2.45, 2.75) is 26.1 Å². The first-order valence-corrected chi connectivity index (χ1v) is 6.40. The van der Waals surface area contributed by atoms with Gasteiger partial charge in [0.15, 0.2) is 0 Å². The molecule has 0 atom stereocenters. The largest absolute Gasteiger partial charge is 0.221 e. The molecule has 5 heteroatoms. The number of nitrogens with zero attached hydrogens (tertiary/aromatic N) is 2. The molecule has 0 radical (unpaired) electrons. The van der Waals surface area contributed by atoms with E-state index in [1.54, 1.807) is 11.3 Å². The van der Waals surface area contributed by atoms with E-state index in [2.05, 4.69) is 23.8 Å². The Morgan fingerprint density at radius 2 is 2.07 bits per heavy atom. The van der Waals surface area contributed by atoms with Crippen molar-refractivity contribution >= 4 is 44.8 Å². The van der Waals surface area contributed by atoms with Crippen molar-refractivity contribution in [3.05, 3.63) is 21.4 Å². The fourth-order valence-electron chi connectivity index (χ4n) is 1.65. The molecule has 80 valence electrons. The fourth-order valence-corrected chi connectivity index (χ4v) is 3.26. The highest BCUT2D eigenvalue weighted by Crippen LogP contribution is 2.33. The van der Waals surface area contributed by atoms with Crippen LogP contribution >= 0.6 is 34.5 Å². The average Bonchev–Trinajstić information content (AvgIpc) is 2.53. The predicted molar refractivity (Wildman–Crippen MR) is 66.1 cm³/mol. The highest BCUT2D eigenvalue weighted by Gasteiger charge is 2.14. The van der Waals surface area contributed by atoms with E-state index in [1.165, 1.54) is 10.4 Å². The van der Waals surface area contributed by atoms with Gasteiger partial charge in [-0.15, -0.1) is 22.9 Å². The van der Waals surface area contributed by atoms with E-state index in [1.807, 2.05) is 0 Å². The zero-order valence-electron chi connectivity index (χ0n) is 8.47. The summed E-state index contributed by atoms with van der Waals surface area (Å²) in [4.78, 5) is 10.7. The van der Waals surface area contributed by atoms with Crippen LogP contribution in [0.1, 0.15) is 23.2 Å². The molecular formula is C10H10Cl2N2S. The lowest BCUT2D eigenvalue weighted by atomic mass is 10.1. The standard InChI is InChI=1S/C10H10Cl2N2S/c1-3-6-5(2)15-10-8(6)9(12)13-7(4-11)14-10/h3-4H2,1-2H3. The Morgan fingerprint density at radius 3 is 2.67 bits per heavy atom. The maximum Gasteiger partial charge on any atom is 0.146 e. The van der Waals surface area contributed by atoms with E-state index in [4.69, 9.17) is 23.2 Å². The summed E-state index contributed by atoms with van der Waals surface area (Å²) in [7, 11) is 0. The van der Waals surface area contributed by atoms with Gasteiger partial charge in [-0.2, -0.15) is 0 Å². The summed E-state index contributed by atoms with van der Waals surface area (Å²) in [5, 5.41) is 1.52. The molecule has 0 N–H and O–H groups in total. The molecule has 2 rings (SSSR count). The number of thiophene rings is 1. The van der Waals surface area contributed by atoms with Gasteiger partial charge < -0.3 is 0 Å². The topological polar surface area (TPSA) is 25.8 Å². The Balaban J connectivity index is 2.79. The second kappa shape index (κ2) is 4.24. The van der Waals surface area contributed by atoms with Gasteiger partial charge in [0.1, 0.15) is 15.8 Å². The Kier molecular flexibility index (Phi) is 3.14. The van der Waals surface area contributed by atoms with Crippen molar-refractivity contribution in [2.75, 3.05) is 0 Å². The summed E-state index contributed by atoms with van der Waals surface area (Å²) >= 11 is 13.5. The van der Waals surface area contributed by atoms with Crippen molar-refractivity contribution in [1.29, 1.82) is 0 Å². The van der Waals surface area contributed by atoms with Crippen LogP contribution in [0.5, 0.6) is 0 Å². The monoisotopic (exact) mass is 260 g/mol. The number of hydrogen-bond donors (Lipinski definition) is 0. The zero-order chi connectivity index (χ0) is 11.0. The second-order valence-electron chi connectivity index (χ2n) is 3.23. The highest BCUT2D eigenvalue weighted by molar-refractivity contribution is 7.18. The molecule has 15 heavy (non-hydrogen) atoms. The molecule has 0 unspecified atom stereocenters. The number of rotatable bonds is 2. The molecule has 2 nitrogen and oxygen atoms in total. The average molecular weight is 261 g/mol. The van der Waals surface area contributed by atoms with Gasteiger partial charge in [-0.3, -0.25) is 0 Å². The van der Waals surface area contributed by atoms with E-state index >= 15 is 0 Å². The van der Waals surface area contributed by atoms with Crippen LogP contribution in [0.15, 0.2) is 0 Å². The van der Waals surface area contributed by atoms with Gasteiger partial charge in [-0.1, -0.05) is 18.5 Å². The smallest absolute Gasteiger partial charge is 0.146 e. The number of aromatic nitrogens is 2. The molecule has 0 saturated carbocycles. The van der Waals surface area contributed by atoms with E-state index in [-0.39, 0.29) is 0 Å². The number of halogens is 2. The minimum atomic E-state index is 0.300. The number of fused-ring (bicyclic) bond motifs is 1. The van der Waals surface area contributed by atoms with E-state index in [0.717, 1.165) is 16.6 Å². The molecule has 0 aliphatic rings. The second-order valence-corrected chi connectivity index (χ2v) is 5.06. The van der Waals surface area contributed by atoms with E-state index in [0.29, 0.717) is 16.9 Å². The molecule has 0 fully saturated rings. The maximum absolute atomic E-state index is 6.14. The van der Waals surface area contributed by atoms with Gasteiger partial charge in [0, 0.05) is 4.88 Å². The summed E-state index contributed by atoms with van der Waals surface area (Å²) in [5.41, 5.74) is 1.25. The van der Waals surface area contributed by atoms with Crippen LogP contribution in [0.3, 0.4) is 0 Å². The molecule has 0 spiro atoms. The molecule has 0 aromatic carbocycles.